The summed E-state index contributed by atoms with van der Waals surface area (Å²) in [6, 6.07) is 16.8. The van der Waals surface area contributed by atoms with Crippen molar-refractivity contribution in [2.45, 2.75) is 32.4 Å². The van der Waals surface area contributed by atoms with Gasteiger partial charge in [-0.25, -0.2) is 4.79 Å². The van der Waals surface area contributed by atoms with Crippen molar-refractivity contribution in [2.24, 2.45) is 0 Å². The summed E-state index contributed by atoms with van der Waals surface area (Å²) in [7, 11) is 0. The first-order valence-corrected chi connectivity index (χ1v) is 9.05. The third kappa shape index (κ3) is 4.73. The van der Waals surface area contributed by atoms with Crippen molar-refractivity contribution >= 4 is 17.8 Å². The monoisotopic (exact) mass is 365 g/mol. The maximum atomic E-state index is 12.7. The van der Waals surface area contributed by atoms with Crippen LogP contribution in [-0.2, 0) is 17.8 Å². The van der Waals surface area contributed by atoms with Crippen LogP contribution in [0.4, 0.5) is 4.79 Å². The summed E-state index contributed by atoms with van der Waals surface area (Å²) in [5.74, 6) is -0.482. The van der Waals surface area contributed by atoms with Gasteiger partial charge in [-0.15, -0.1) is 0 Å². The third-order valence-corrected chi connectivity index (χ3v) is 4.61. The van der Waals surface area contributed by atoms with Crippen LogP contribution in [0.3, 0.4) is 0 Å². The molecule has 0 aromatic heterocycles. The zero-order valence-electron chi connectivity index (χ0n) is 15.3. The van der Waals surface area contributed by atoms with Gasteiger partial charge in [0.15, 0.2) is 0 Å². The van der Waals surface area contributed by atoms with Crippen LogP contribution in [0.5, 0.6) is 0 Å². The molecule has 0 aliphatic carbocycles. The number of nitrogens with one attached hydrogen (secondary N) is 2. The van der Waals surface area contributed by atoms with Gasteiger partial charge in [-0.2, -0.15) is 0 Å². The van der Waals surface area contributed by atoms with Crippen LogP contribution in [-0.4, -0.2) is 35.3 Å². The van der Waals surface area contributed by atoms with Gasteiger partial charge in [-0.05, 0) is 37.0 Å². The molecule has 1 saturated heterocycles. The molecule has 6 heteroatoms. The number of rotatable bonds is 7. The van der Waals surface area contributed by atoms with Crippen molar-refractivity contribution < 1.29 is 14.4 Å². The number of nitrogens with zero attached hydrogens (tertiary/aromatic N) is 1. The molecule has 2 aromatic rings. The number of carbonyl (C=O) groups excluding carboxylic acids is 3. The van der Waals surface area contributed by atoms with E-state index in [0.29, 0.717) is 11.1 Å². The van der Waals surface area contributed by atoms with E-state index in [1.165, 1.54) is 5.56 Å². The summed E-state index contributed by atoms with van der Waals surface area (Å²) >= 11 is 0. The molecule has 27 heavy (non-hydrogen) atoms. The molecule has 2 N–H and O–H groups in total. The second-order valence-corrected chi connectivity index (χ2v) is 6.69. The van der Waals surface area contributed by atoms with Crippen molar-refractivity contribution in [2.75, 3.05) is 6.54 Å². The van der Waals surface area contributed by atoms with Crippen molar-refractivity contribution in [3.8, 4) is 0 Å². The molecule has 4 amide bonds. The number of hydrogen-bond donors (Lipinski definition) is 2. The van der Waals surface area contributed by atoms with Crippen LogP contribution >= 0.6 is 0 Å². The summed E-state index contributed by atoms with van der Waals surface area (Å²) in [5.41, 5.74) is 2.37. The maximum absolute atomic E-state index is 12.7. The first-order chi connectivity index (χ1) is 13.0. The Hall–Kier alpha value is -3.15. The van der Waals surface area contributed by atoms with E-state index in [9.17, 15) is 14.4 Å². The molecule has 1 heterocycles. The molecule has 1 aliphatic heterocycles. The fourth-order valence-electron chi connectivity index (χ4n) is 3.07. The summed E-state index contributed by atoms with van der Waals surface area (Å²) < 4.78 is 0. The summed E-state index contributed by atoms with van der Waals surface area (Å²) in [6.45, 7) is 2.07. The quantitative estimate of drug-likeness (QED) is 0.740. The number of carbonyl (C=O) groups is 3. The highest BCUT2D eigenvalue weighted by molar-refractivity contribution is 6.02. The predicted molar refractivity (Wildman–Crippen MR) is 102 cm³/mol. The minimum Gasteiger partial charge on any atom is -0.350 e. The Morgan fingerprint density at radius 2 is 1.81 bits per heavy atom. The fraction of sp³-hybridized carbons (Fsp3) is 0.286. The molecule has 2 aromatic carbocycles. The van der Waals surface area contributed by atoms with E-state index in [0.717, 1.165) is 17.7 Å². The highest BCUT2D eigenvalue weighted by atomic mass is 16.2. The van der Waals surface area contributed by atoms with E-state index < -0.39 is 6.03 Å². The van der Waals surface area contributed by atoms with Crippen LogP contribution in [0.25, 0.3) is 0 Å². The van der Waals surface area contributed by atoms with Gasteiger partial charge in [0.2, 0.25) is 5.91 Å². The molecule has 1 unspecified atom stereocenters. The number of aryl methyl sites for hydroxylation is 1. The Bertz CT molecular complexity index is 820. The highest BCUT2D eigenvalue weighted by Gasteiger charge is 2.29. The normalized spacial score (nSPS) is 14.8. The van der Waals surface area contributed by atoms with Crippen LogP contribution in [0.1, 0.15) is 34.8 Å². The second kappa shape index (κ2) is 8.49. The lowest BCUT2D eigenvalue weighted by Crippen LogP contribution is -2.35. The Morgan fingerprint density at radius 3 is 2.52 bits per heavy atom. The SMILES string of the molecule is CC(CCc1ccccc1)NC(=O)c1ccccc1CN1C(=O)CNC1=O. The largest absolute Gasteiger partial charge is 0.350 e. The van der Waals surface area contributed by atoms with Gasteiger partial charge in [0.05, 0.1) is 13.1 Å². The lowest BCUT2D eigenvalue weighted by atomic mass is 10.0. The maximum Gasteiger partial charge on any atom is 0.324 e. The van der Waals surface area contributed by atoms with E-state index in [1.54, 1.807) is 24.3 Å². The van der Waals surface area contributed by atoms with Gasteiger partial charge >= 0.3 is 6.03 Å². The number of amides is 4. The predicted octanol–water partition coefficient (Wildman–Crippen LogP) is 2.49. The molecule has 0 saturated carbocycles. The molecule has 1 atom stereocenters. The minimum atomic E-state index is -0.425. The average molecular weight is 365 g/mol. The Kier molecular flexibility index (Phi) is 5.86. The topological polar surface area (TPSA) is 78.5 Å². The molecule has 1 aliphatic rings. The molecule has 140 valence electrons. The van der Waals surface area contributed by atoms with E-state index >= 15 is 0 Å². The first-order valence-electron chi connectivity index (χ1n) is 9.05. The third-order valence-electron chi connectivity index (χ3n) is 4.61. The molecule has 3 rings (SSSR count). The summed E-state index contributed by atoms with van der Waals surface area (Å²) in [5, 5.41) is 5.50. The smallest absolute Gasteiger partial charge is 0.324 e. The van der Waals surface area contributed by atoms with Crippen LogP contribution in [0, 0.1) is 0 Å². The van der Waals surface area contributed by atoms with Gasteiger partial charge in [-0.3, -0.25) is 14.5 Å². The van der Waals surface area contributed by atoms with Gasteiger partial charge in [0.1, 0.15) is 0 Å². The standard InChI is InChI=1S/C21H23N3O3/c1-15(11-12-16-7-3-2-4-8-16)23-20(26)18-10-6-5-9-17(18)14-24-19(25)13-22-21(24)27/h2-10,15H,11-14H2,1H3,(H,22,27)(H,23,26). The first kappa shape index (κ1) is 18.6. The zero-order valence-corrected chi connectivity index (χ0v) is 15.3. The number of hydrogen-bond acceptors (Lipinski definition) is 3. The fourth-order valence-corrected chi connectivity index (χ4v) is 3.07. The lowest BCUT2D eigenvalue weighted by molar-refractivity contribution is -0.125. The number of imide groups is 1. The van der Waals surface area contributed by atoms with Crippen molar-refractivity contribution in [3.05, 3.63) is 71.3 Å². The van der Waals surface area contributed by atoms with Crippen LogP contribution in [0.2, 0.25) is 0 Å². The Balaban J connectivity index is 1.62. The molecule has 0 spiro atoms. The van der Waals surface area contributed by atoms with Gasteiger partial charge in [0, 0.05) is 11.6 Å². The molecular formula is C21H23N3O3. The van der Waals surface area contributed by atoms with Crippen molar-refractivity contribution in [1.82, 2.24) is 15.5 Å². The van der Waals surface area contributed by atoms with Crippen LogP contribution in [0.15, 0.2) is 54.6 Å². The minimum absolute atomic E-state index is 0.00230. The van der Waals surface area contributed by atoms with Gasteiger partial charge in [0.25, 0.3) is 5.91 Å². The molecule has 0 radical (unpaired) electrons. The van der Waals surface area contributed by atoms with E-state index in [1.807, 2.05) is 25.1 Å². The van der Waals surface area contributed by atoms with Crippen molar-refractivity contribution in [3.63, 3.8) is 0 Å². The van der Waals surface area contributed by atoms with Crippen LogP contribution < -0.4 is 10.6 Å². The molecule has 1 fully saturated rings. The van der Waals surface area contributed by atoms with Gasteiger partial charge in [-0.1, -0.05) is 48.5 Å². The summed E-state index contributed by atoms with van der Waals surface area (Å²) in [4.78, 5) is 37.4. The molecular weight excluding hydrogens is 342 g/mol. The summed E-state index contributed by atoms with van der Waals surface area (Å²) in [6.07, 6.45) is 1.71. The Morgan fingerprint density at radius 1 is 1.11 bits per heavy atom. The van der Waals surface area contributed by atoms with Crippen molar-refractivity contribution in [1.29, 1.82) is 0 Å². The van der Waals surface area contributed by atoms with Gasteiger partial charge < -0.3 is 10.6 Å². The lowest BCUT2D eigenvalue weighted by Gasteiger charge is -2.18. The number of urea groups is 1. The zero-order chi connectivity index (χ0) is 19.2. The highest BCUT2D eigenvalue weighted by Crippen LogP contribution is 2.15. The Labute approximate surface area is 158 Å². The van der Waals surface area contributed by atoms with E-state index in [2.05, 4.69) is 22.8 Å². The second-order valence-electron chi connectivity index (χ2n) is 6.69. The number of benzene rings is 2. The van der Waals surface area contributed by atoms with E-state index in [-0.39, 0.29) is 30.9 Å². The molecule has 0 bridgehead atoms. The average Bonchev–Trinajstić information content (AvgIpc) is 2.99. The molecule has 6 nitrogen and oxygen atoms in total. The van der Waals surface area contributed by atoms with E-state index in [4.69, 9.17) is 0 Å².